The van der Waals surface area contributed by atoms with E-state index >= 15 is 0 Å². The Bertz CT molecular complexity index is 1050. The summed E-state index contributed by atoms with van der Waals surface area (Å²) < 4.78 is 33.0. The number of carbonyl (C=O) groups excluding carboxylic acids is 1. The number of benzene rings is 2. The zero-order chi connectivity index (χ0) is 19.8. The van der Waals surface area contributed by atoms with Gasteiger partial charge in [-0.2, -0.15) is 0 Å². The number of hydrogen-bond acceptors (Lipinski definition) is 8. The number of carbonyl (C=O) groups is 1. The van der Waals surface area contributed by atoms with Crippen molar-refractivity contribution in [2.24, 2.45) is 5.92 Å². The van der Waals surface area contributed by atoms with Crippen molar-refractivity contribution in [3.05, 3.63) is 41.0 Å². The molecule has 2 aromatic rings. The van der Waals surface area contributed by atoms with Crippen LogP contribution in [0.25, 0.3) is 0 Å². The lowest BCUT2D eigenvalue weighted by atomic mass is 9.64. The van der Waals surface area contributed by atoms with E-state index in [0.717, 1.165) is 11.1 Å². The van der Waals surface area contributed by atoms with Crippen molar-refractivity contribution in [2.45, 2.75) is 17.9 Å². The third-order valence-corrected chi connectivity index (χ3v) is 6.25. The lowest BCUT2D eigenvalue weighted by Gasteiger charge is -2.40. The lowest BCUT2D eigenvalue weighted by molar-refractivity contribution is -0.156. The minimum absolute atomic E-state index is 0.108. The van der Waals surface area contributed by atoms with Crippen molar-refractivity contribution < 1.29 is 38.3 Å². The van der Waals surface area contributed by atoms with Gasteiger partial charge in [0.1, 0.15) is 5.75 Å². The second-order valence-electron chi connectivity index (χ2n) is 7.61. The summed E-state index contributed by atoms with van der Waals surface area (Å²) in [5, 5.41) is 11.7. The molecule has 0 aromatic heterocycles. The Balaban J connectivity index is 1.62. The van der Waals surface area contributed by atoms with E-state index in [1.54, 1.807) is 19.2 Å². The SMILES string of the molecule is COc1cc2c(cc1C1c3cc4c(cc3CC3COC(=O)C31O)OCO4)OCO2. The van der Waals surface area contributed by atoms with Crippen LogP contribution < -0.4 is 23.7 Å². The van der Waals surface area contributed by atoms with Gasteiger partial charge >= 0.3 is 5.97 Å². The Kier molecular flexibility index (Phi) is 3.30. The van der Waals surface area contributed by atoms with Gasteiger partial charge in [-0.05, 0) is 35.7 Å². The average molecular weight is 398 g/mol. The molecular weight excluding hydrogens is 380 g/mol. The lowest BCUT2D eigenvalue weighted by Crippen LogP contribution is -2.50. The standard InChI is InChI=1S/C21H18O8/c1-24-14-6-18-17(28-9-29-18)5-13(14)19-12-4-16-15(26-8-27-16)3-10(12)2-11-7-25-20(22)21(11,19)23/h3-6,11,19,23H,2,7-9H2,1H3. The second-order valence-corrected chi connectivity index (χ2v) is 7.61. The van der Waals surface area contributed by atoms with Crippen LogP contribution in [-0.4, -0.2) is 44.0 Å². The zero-order valence-electron chi connectivity index (χ0n) is 15.6. The van der Waals surface area contributed by atoms with Crippen LogP contribution in [-0.2, 0) is 16.0 Å². The number of ether oxygens (including phenoxy) is 6. The Morgan fingerprint density at radius 2 is 1.55 bits per heavy atom. The molecule has 6 rings (SSSR count). The predicted octanol–water partition coefficient (Wildman–Crippen LogP) is 1.74. The number of aliphatic hydroxyl groups is 1. The molecule has 0 saturated carbocycles. The van der Waals surface area contributed by atoms with Gasteiger partial charge in [0.15, 0.2) is 28.6 Å². The molecule has 0 bridgehead atoms. The molecule has 3 heterocycles. The molecule has 2 aromatic carbocycles. The van der Waals surface area contributed by atoms with Crippen molar-refractivity contribution in [2.75, 3.05) is 27.3 Å². The van der Waals surface area contributed by atoms with E-state index in [1.807, 2.05) is 12.1 Å². The van der Waals surface area contributed by atoms with Crippen molar-refractivity contribution in [3.8, 4) is 28.7 Å². The number of cyclic esters (lactones) is 1. The fraction of sp³-hybridized carbons (Fsp3) is 0.381. The summed E-state index contributed by atoms with van der Waals surface area (Å²) in [6.45, 7) is 0.412. The van der Waals surface area contributed by atoms with Gasteiger partial charge in [0.05, 0.1) is 19.6 Å². The van der Waals surface area contributed by atoms with Crippen LogP contribution in [0.1, 0.15) is 22.6 Å². The molecule has 3 unspecified atom stereocenters. The van der Waals surface area contributed by atoms with Gasteiger partial charge in [0, 0.05) is 17.5 Å². The van der Waals surface area contributed by atoms with Gasteiger partial charge in [-0.15, -0.1) is 0 Å². The Morgan fingerprint density at radius 1 is 0.931 bits per heavy atom. The molecule has 3 aliphatic heterocycles. The molecule has 4 aliphatic rings. The van der Waals surface area contributed by atoms with E-state index < -0.39 is 17.5 Å². The third kappa shape index (κ3) is 2.15. The Labute approximate surface area is 165 Å². The third-order valence-electron chi connectivity index (χ3n) is 6.25. The molecule has 1 saturated heterocycles. The minimum atomic E-state index is -1.72. The van der Waals surface area contributed by atoms with Crippen LogP contribution in [0.2, 0.25) is 0 Å². The number of methoxy groups -OCH3 is 1. The molecular formula is C21H18O8. The van der Waals surface area contributed by atoms with Crippen LogP contribution in [0, 0.1) is 5.92 Å². The molecule has 0 spiro atoms. The quantitative estimate of drug-likeness (QED) is 0.765. The van der Waals surface area contributed by atoms with Crippen molar-refractivity contribution in [3.63, 3.8) is 0 Å². The van der Waals surface area contributed by atoms with E-state index in [9.17, 15) is 9.90 Å². The molecule has 29 heavy (non-hydrogen) atoms. The van der Waals surface area contributed by atoms with E-state index in [-0.39, 0.29) is 26.1 Å². The minimum Gasteiger partial charge on any atom is -0.496 e. The molecule has 3 atom stereocenters. The monoisotopic (exact) mass is 398 g/mol. The first-order valence-corrected chi connectivity index (χ1v) is 9.39. The summed E-state index contributed by atoms with van der Waals surface area (Å²) in [4.78, 5) is 12.8. The summed E-state index contributed by atoms with van der Waals surface area (Å²) in [5.41, 5.74) is 0.667. The smallest absolute Gasteiger partial charge is 0.339 e. The molecule has 1 N–H and O–H groups in total. The molecule has 150 valence electrons. The van der Waals surface area contributed by atoms with E-state index in [1.165, 1.54) is 0 Å². The van der Waals surface area contributed by atoms with Crippen LogP contribution in [0.3, 0.4) is 0 Å². The van der Waals surface area contributed by atoms with Crippen molar-refractivity contribution >= 4 is 5.97 Å². The largest absolute Gasteiger partial charge is 0.496 e. The second kappa shape index (κ2) is 5.70. The topological polar surface area (TPSA) is 92.7 Å². The summed E-state index contributed by atoms with van der Waals surface area (Å²) in [6, 6.07) is 7.25. The van der Waals surface area contributed by atoms with Gasteiger partial charge in [0.25, 0.3) is 0 Å². The summed E-state index contributed by atoms with van der Waals surface area (Å²) >= 11 is 0. The van der Waals surface area contributed by atoms with Gasteiger partial charge < -0.3 is 33.5 Å². The highest BCUT2D eigenvalue weighted by Gasteiger charge is 2.60. The Hall–Kier alpha value is -3.13. The average Bonchev–Trinajstić information content (AvgIpc) is 3.43. The highest BCUT2D eigenvalue weighted by Crippen LogP contribution is 2.55. The number of fused-ring (bicyclic) bond motifs is 4. The normalized spacial score (nSPS) is 28.0. The van der Waals surface area contributed by atoms with Gasteiger partial charge in [-0.1, -0.05) is 0 Å². The van der Waals surface area contributed by atoms with Gasteiger partial charge in [-0.25, -0.2) is 4.79 Å². The van der Waals surface area contributed by atoms with Gasteiger partial charge in [0.2, 0.25) is 13.6 Å². The summed E-state index contributed by atoms with van der Waals surface area (Å²) in [6.07, 6.45) is 0.498. The van der Waals surface area contributed by atoms with Crippen molar-refractivity contribution in [1.29, 1.82) is 0 Å². The molecule has 0 radical (unpaired) electrons. The molecule has 8 heteroatoms. The fourth-order valence-corrected chi connectivity index (χ4v) is 4.85. The first-order chi connectivity index (χ1) is 14.1. The Morgan fingerprint density at radius 3 is 2.24 bits per heavy atom. The highest BCUT2D eigenvalue weighted by molar-refractivity contribution is 5.86. The first kappa shape index (κ1) is 16.8. The maximum atomic E-state index is 12.8. The maximum Gasteiger partial charge on any atom is 0.339 e. The van der Waals surface area contributed by atoms with E-state index in [0.29, 0.717) is 40.7 Å². The van der Waals surface area contributed by atoms with E-state index in [4.69, 9.17) is 28.4 Å². The highest BCUT2D eigenvalue weighted by atomic mass is 16.7. The predicted molar refractivity (Wildman–Crippen MR) is 96.6 cm³/mol. The fourth-order valence-electron chi connectivity index (χ4n) is 4.85. The summed E-state index contributed by atoms with van der Waals surface area (Å²) in [7, 11) is 1.54. The molecule has 0 amide bonds. The molecule has 8 nitrogen and oxygen atoms in total. The van der Waals surface area contributed by atoms with Crippen LogP contribution in [0.4, 0.5) is 0 Å². The van der Waals surface area contributed by atoms with Crippen molar-refractivity contribution in [1.82, 2.24) is 0 Å². The number of hydrogen-bond donors (Lipinski definition) is 1. The van der Waals surface area contributed by atoms with Crippen LogP contribution >= 0.6 is 0 Å². The molecule has 1 aliphatic carbocycles. The first-order valence-electron chi connectivity index (χ1n) is 9.39. The number of esters is 1. The van der Waals surface area contributed by atoms with Crippen LogP contribution in [0.15, 0.2) is 24.3 Å². The maximum absolute atomic E-state index is 12.8. The number of rotatable bonds is 2. The molecule has 1 fully saturated rings. The van der Waals surface area contributed by atoms with E-state index in [2.05, 4.69) is 0 Å². The zero-order valence-corrected chi connectivity index (χ0v) is 15.6. The summed E-state index contributed by atoms with van der Waals surface area (Å²) in [5.74, 6) is 1.11. The van der Waals surface area contributed by atoms with Gasteiger partial charge in [-0.3, -0.25) is 0 Å². The van der Waals surface area contributed by atoms with Crippen LogP contribution in [0.5, 0.6) is 28.7 Å².